The molecule has 1 fully saturated rings. The molecule has 114 valence electrons. The van der Waals surface area contributed by atoms with Gasteiger partial charge in [0.2, 0.25) is 5.91 Å². The first-order valence-electron chi connectivity index (χ1n) is 7.26. The van der Waals surface area contributed by atoms with Gasteiger partial charge in [0.05, 0.1) is 13.0 Å². The number of rotatable bonds is 6. The average Bonchev–Trinajstić information content (AvgIpc) is 2.93. The summed E-state index contributed by atoms with van der Waals surface area (Å²) in [5.74, 6) is -0.587. The highest BCUT2D eigenvalue weighted by atomic mass is 16.5. The van der Waals surface area contributed by atoms with Crippen molar-refractivity contribution in [3.63, 3.8) is 0 Å². The van der Waals surface area contributed by atoms with E-state index in [1.807, 2.05) is 24.3 Å². The zero-order valence-electron chi connectivity index (χ0n) is 12.2. The van der Waals surface area contributed by atoms with Crippen LogP contribution in [0.3, 0.4) is 0 Å². The molecular formula is C16H21NO4. The van der Waals surface area contributed by atoms with E-state index in [1.165, 1.54) is 0 Å². The van der Waals surface area contributed by atoms with Crippen LogP contribution in [0.15, 0.2) is 24.3 Å². The molecule has 0 heterocycles. The molecule has 21 heavy (non-hydrogen) atoms. The van der Waals surface area contributed by atoms with Gasteiger partial charge in [0.25, 0.3) is 0 Å². The number of carbonyl (C=O) groups is 2. The number of aliphatic carboxylic acids is 1. The van der Waals surface area contributed by atoms with Crippen molar-refractivity contribution in [2.24, 2.45) is 5.92 Å². The number of para-hydroxylation sites is 1. The van der Waals surface area contributed by atoms with Gasteiger partial charge >= 0.3 is 5.97 Å². The van der Waals surface area contributed by atoms with E-state index in [2.05, 4.69) is 5.32 Å². The minimum Gasteiger partial charge on any atom is -0.496 e. The summed E-state index contributed by atoms with van der Waals surface area (Å²) in [5, 5.41) is 12.0. The molecule has 1 aromatic rings. The highest BCUT2D eigenvalue weighted by Gasteiger charge is 2.33. The van der Waals surface area contributed by atoms with E-state index in [4.69, 9.17) is 9.84 Å². The predicted octanol–water partition coefficient (Wildman–Crippen LogP) is 2.00. The third kappa shape index (κ3) is 3.97. The summed E-state index contributed by atoms with van der Waals surface area (Å²) in [6, 6.07) is 7.37. The second-order valence-corrected chi connectivity index (χ2v) is 5.36. The molecule has 2 atom stereocenters. The van der Waals surface area contributed by atoms with Crippen molar-refractivity contribution in [3.05, 3.63) is 29.8 Å². The van der Waals surface area contributed by atoms with Crippen LogP contribution in [-0.2, 0) is 16.0 Å². The van der Waals surface area contributed by atoms with Gasteiger partial charge in [-0.25, -0.2) is 0 Å². The minimum atomic E-state index is -0.817. The Hall–Kier alpha value is -2.04. The van der Waals surface area contributed by atoms with E-state index < -0.39 is 11.9 Å². The fourth-order valence-electron chi connectivity index (χ4n) is 2.87. The lowest BCUT2D eigenvalue weighted by molar-refractivity contribution is -0.142. The van der Waals surface area contributed by atoms with Crippen molar-refractivity contribution in [2.75, 3.05) is 7.11 Å². The molecule has 1 aliphatic carbocycles. The number of amides is 1. The van der Waals surface area contributed by atoms with E-state index in [9.17, 15) is 9.59 Å². The van der Waals surface area contributed by atoms with Gasteiger partial charge in [-0.3, -0.25) is 9.59 Å². The van der Waals surface area contributed by atoms with Crippen molar-refractivity contribution >= 4 is 11.9 Å². The summed E-state index contributed by atoms with van der Waals surface area (Å²) >= 11 is 0. The molecule has 0 spiro atoms. The Morgan fingerprint density at radius 1 is 1.33 bits per heavy atom. The fourth-order valence-corrected chi connectivity index (χ4v) is 2.87. The lowest BCUT2D eigenvalue weighted by Gasteiger charge is -2.17. The third-order valence-electron chi connectivity index (χ3n) is 3.99. The van der Waals surface area contributed by atoms with Gasteiger partial charge in [-0.2, -0.15) is 0 Å². The number of benzene rings is 1. The molecular weight excluding hydrogens is 270 g/mol. The Morgan fingerprint density at radius 2 is 2.10 bits per heavy atom. The number of nitrogens with one attached hydrogen (secondary N) is 1. The van der Waals surface area contributed by atoms with Crippen molar-refractivity contribution < 1.29 is 19.4 Å². The molecule has 1 amide bonds. The molecule has 1 aliphatic rings. The molecule has 0 radical (unpaired) electrons. The zero-order valence-corrected chi connectivity index (χ0v) is 12.2. The molecule has 1 aromatic carbocycles. The standard InChI is InChI=1S/C16H21NO4/c1-21-14-8-3-2-5-11(14)9-10-15(18)17-13-7-4-6-12(13)16(19)20/h2-3,5,8,12-13H,4,6-7,9-10H2,1H3,(H,17,18)(H,19,20). The first-order valence-corrected chi connectivity index (χ1v) is 7.26. The quantitative estimate of drug-likeness (QED) is 0.840. The Labute approximate surface area is 124 Å². The molecule has 0 aromatic heterocycles. The van der Waals surface area contributed by atoms with E-state index in [0.29, 0.717) is 19.3 Å². The summed E-state index contributed by atoms with van der Waals surface area (Å²) in [4.78, 5) is 23.1. The Kier molecular flexibility index (Phi) is 5.20. The minimum absolute atomic E-state index is 0.0981. The van der Waals surface area contributed by atoms with Crippen LogP contribution in [0.25, 0.3) is 0 Å². The highest BCUT2D eigenvalue weighted by Crippen LogP contribution is 2.26. The summed E-state index contributed by atoms with van der Waals surface area (Å²) < 4.78 is 5.25. The normalized spacial score (nSPS) is 21.0. The number of carboxylic acid groups (broad SMARTS) is 1. The van der Waals surface area contributed by atoms with Crippen LogP contribution in [0.2, 0.25) is 0 Å². The van der Waals surface area contributed by atoms with Crippen LogP contribution in [-0.4, -0.2) is 30.1 Å². The molecule has 0 bridgehead atoms. The predicted molar refractivity (Wildman–Crippen MR) is 78.2 cm³/mol. The van der Waals surface area contributed by atoms with E-state index >= 15 is 0 Å². The molecule has 0 aliphatic heterocycles. The van der Waals surface area contributed by atoms with Gasteiger partial charge in [-0.05, 0) is 30.9 Å². The fraction of sp³-hybridized carbons (Fsp3) is 0.500. The monoisotopic (exact) mass is 291 g/mol. The molecule has 2 N–H and O–H groups in total. The number of aryl methyl sites for hydroxylation is 1. The molecule has 5 nitrogen and oxygen atoms in total. The van der Waals surface area contributed by atoms with Crippen LogP contribution in [0.5, 0.6) is 5.75 Å². The molecule has 2 unspecified atom stereocenters. The molecule has 0 saturated heterocycles. The van der Waals surface area contributed by atoms with Crippen molar-refractivity contribution in [2.45, 2.75) is 38.1 Å². The van der Waals surface area contributed by atoms with E-state index in [1.54, 1.807) is 7.11 Å². The highest BCUT2D eigenvalue weighted by molar-refractivity contribution is 5.78. The number of methoxy groups -OCH3 is 1. The second kappa shape index (κ2) is 7.11. The SMILES string of the molecule is COc1ccccc1CCC(=O)NC1CCCC1C(=O)O. The van der Waals surface area contributed by atoms with Gasteiger partial charge in [-0.1, -0.05) is 24.6 Å². The Bertz CT molecular complexity index is 515. The molecule has 5 heteroatoms. The van der Waals surface area contributed by atoms with Crippen LogP contribution in [0.1, 0.15) is 31.2 Å². The Morgan fingerprint density at radius 3 is 2.81 bits per heavy atom. The van der Waals surface area contributed by atoms with E-state index in [0.717, 1.165) is 24.2 Å². The maximum Gasteiger partial charge on any atom is 0.308 e. The van der Waals surface area contributed by atoms with Gasteiger partial charge in [0.15, 0.2) is 0 Å². The second-order valence-electron chi connectivity index (χ2n) is 5.36. The van der Waals surface area contributed by atoms with Crippen molar-refractivity contribution in [1.29, 1.82) is 0 Å². The summed E-state index contributed by atoms with van der Waals surface area (Å²) in [5.41, 5.74) is 0.983. The van der Waals surface area contributed by atoms with Gasteiger partial charge < -0.3 is 15.2 Å². The largest absolute Gasteiger partial charge is 0.496 e. The van der Waals surface area contributed by atoms with Gasteiger partial charge in [0, 0.05) is 12.5 Å². The third-order valence-corrected chi connectivity index (χ3v) is 3.99. The molecule has 1 saturated carbocycles. The molecule has 2 rings (SSSR count). The van der Waals surface area contributed by atoms with Crippen LogP contribution in [0.4, 0.5) is 0 Å². The van der Waals surface area contributed by atoms with Crippen molar-refractivity contribution in [3.8, 4) is 5.75 Å². The first kappa shape index (κ1) is 15.4. The number of ether oxygens (including phenoxy) is 1. The lowest BCUT2D eigenvalue weighted by Crippen LogP contribution is -2.40. The first-order chi connectivity index (χ1) is 10.1. The number of carboxylic acids is 1. The summed E-state index contributed by atoms with van der Waals surface area (Å²) in [7, 11) is 1.61. The summed E-state index contributed by atoms with van der Waals surface area (Å²) in [6.45, 7) is 0. The smallest absolute Gasteiger partial charge is 0.308 e. The zero-order chi connectivity index (χ0) is 15.2. The summed E-state index contributed by atoms with van der Waals surface area (Å²) in [6.07, 6.45) is 3.17. The maximum atomic E-state index is 12.0. The number of hydrogen-bond acceptors (Lipinski definition) is 3. The average molecular weight is 291 g/mol. The van der Waals surface area contributed by atoms with E-state index in [-0.39, 0.29) is 11.9 Å². The van der Waals surface area contributed by atoms with Crippen LogP contribution < -0.4 is 10.1 Å². The van der Waals surface area contributed by atoms with Crippen LogP contribution in [0, 0.1) is 5.92 Å². The van der Waals surface area contributed by atoms with Crippen molar-refractivity contribution in [1.82, 2.24) is 5.32 Å². The topological polar surface area (TPSA) is 75.6 Å². The van der Waals surface area contributed by atoms with Gasteiger partial charge in [0.1, 0.15) is 5.75 Å². The van der Waals surface area contributed by atoms with Crippen LogP contribution >= 0.6 is 0 Å². The lowest BCUT2D eigenvalue weighted by atomic mass is 10.0. The maximum absolute atomic E-state index is 12.0. The number of carbonyl (C=O) groups excluding carboxylic acids is 1. The van der Waals surface area contributed by atoms with Gasteiger partial charge in [-0.15, -0.1) is 0 Å². The Balaban J connectivity index is 1.86. The number of hydrogen-bond donors (Lipinski definition) is 2.